The molecular weight excluding hydrogens is 172 g/mol. The molecule has 0 saturated heterocycles. The van der Waals surface area contributed by atoms with Crippen molar-refractivity contribution >= 4 is 5.97 Å². The molecule has 0 heterocycles. The first-order valence-electron chi connectivity index (χ1n) is 4.51. The number of carbonyl (C=O) groups is 1. The highest BCUT2D eigenvalue weighted by atomic mass is 16.6. The van der Waals surface area contributed by atoms with Crippen LogP contribution < -0.4 is 0 Å². The molecule has 0 radical (unpaired) electrons. The summed E-state index contributed by atoms with van der Waals surface area (Å²) in [6.45, 7) is 4.61. The molecule has 0 amide bonds. The Bertz CT molecular complexity index is 134. The summed E-state index contributed by atoms with van der Waals surface area (Å²) < 4.78 is 9.63. The molecule has 0 bridgehead atoms. The molecule has 0 aromatic heterocycles. The maximum atomic E-state index is 10.9. The Labute approximate surface area is 78.8 Å². The van der Waals surface area contributed by atoms with Crippen LogP contribution in [0.4, 0.5) is 0 Å². The van der Waals surface area contributed by atoms with E-state index in [0.29, 0.717) is 12.5 Å². The van der Waals surface area contributed by atoms with Crippen LogP contribution in [-0.2, 0) is 14.3 Å². The van der Waals surface area contributed by atoms with E-state index in [-0.39, 0.29) is 25.8 Å². The van der Waals surface area contributed by atoms with E-state index in [1.54, 1.807) is 0 Å². The van der Waals surface area contributed by atoms with E-state index in [1.165, 1.54) is 0 Å². The van der Waals surface area contributed by atoms with Crippen LogP contribution in [0.2, 0.25) is 0 Å². The first-order chi connectivity index (χ1) is 6.16. The predicted molar refractivity (Wildman–Crippen MR) is 48.3 cm³/mol. The first kappa shape index (κ1) is 12.4. The van der Waals surface area contributed by atoms with Crippen LogP contribution in [0.25, 0.3) is 0 Å². The van der Waals surface area contributed by atoms with Gasteiger partial charge in [0, 0.05) is 0 Å². The van der Waals surface area contributed by atoms with Crippen LogP contribution in [0.15, 0.2) is 0 Å². The van der Waals surface area contributed by atoms with Gasteiger partial charge in [0.2, 0.25) is 0 Å². The van der Waals surface area contributed by atoms with Gasteiger partial charge in [0.1, 0.15) is 6.61 Å². The van der Waals surface area contributed by atoms with Gasteiger partial charge >= 0.3 is 5.97 Å². The van der Waals surface area contributed by atoms with Gasteiger partial charge < -0.3 is 14.6 Å². The molecule has 0 unspecified atom stereocenters. The Morgan fingerprint density at radius 2 is 2.08 bits per heavy atom. The van der Waals surface area contributed by atoms with Crippen LogP contribution in [0.3, 0.4) is 0 Å². The first-order valence-corrected chi connectivity index (χ1v) is 4.51. The second-order valence-corrected chi connectivity index (χ2v) is 3.18. The molecule has 0 aliphatic carbocycles. The monoisotopic (exact) mass is 190 g/mol. The molecule has 0 saturated carbocycles. The number of rotatable bonds is 7. The normalized spacial score (nSPS) is 10.5. The fourth-order valence-corrected chi connectivity index (χ4v) is 0.670. The average Bonchev–Trinajstić information content (AvgIpc) is 2.04. The van der Waals surface area contributed by atoms with E-state index >= 15 is 0 Å². The van der Waals surface area contributed by atoms with Gasteiger partial charge in [0.05, 0.1) is 19.8 Å². The lowest BCUT2D eigenvalue weighted by atomic mass is 10.1. The summed E-state index contributed by atoms with van der Waals surface area (Å²) in [7, 11) is 0. The lowest BCUT2D eigenvalue weighted by Crippen LogP contribution is -2.15. The number of hydrogen-bond donors (Lipinski definition) is 1. The smallest absolute Gasteiger partial charge is 0.332 e. The third-order valence-corrected chi connectivity index (χ3v) is 1.41. The lowest BCUT2D eigenvalue weighted by Gasteiger charge is -2.06. The molecule has 0 rings (SSSR count). The van der Waals surface area contributed by atoms with Gasteiger partial charge in [-0.1, -0.05) is 13.8 Å². The van der Waals surface area contributed by atoms with E-state index < -0.39 is 0 Å². The van der Waals surface area contributed by atoms with Crippen molar-refractivity contribution in [2.24, 2.45) is 5.92 Å². The molecule has 78 valence electrons. The zero-order chi connectivity index (χ0) is 10.1. The average molecular weight is 190 g/mol. The van der Waals surface area contributed by atoms with Gasteiger partial charge in [-0.25, -0.2) is 4.79 Å². The Balaban J connectivity index is 3.20. The Kier molecular flexibility index (Phi) is 7.63. The van der Waals surface area contributed by atoms with Crippen LogP contribution in [0, 0.1) is 5.92 Å². The predicted octanol–water partition coefficient (Wildman–Crippen LogP) is 0.585. The molecule has 0 spiro atoms. The topological polar surface area (TPSA) is 55.8 Å². The molecule has 4 heteroatoms. The van der Waals surface area contributed by atoms with Crippen molar-refractivity contribution < 1.29 is 19.4 Å². The highest BCUT2D eigenvalue weighted by Gasteiger charge is 2.02. The summed E-state index contributed by atoms with van der Waals surface area (Å²) >= 11 is 0. The van der Waals surface area contributed by atoms with E-state index in [9.17, 15) is 4.79 Å². The quantitative estimate of drug-likeness (QED) is 0.471. The zero-order valence-corrected chi connectivity index (χ0v) is 8.28. The Hall–Kier alpha value is -0.610. The van der Waals surface area contributed by atoms with Gasteiger partial charge in [0.25, 0.3) is 0 Å². The summed E-state index contributed by atoms with van der Waals surface area (Å²) in [5, 5.41) is 8.35. The van der Waals surface area contributed by atoms with Gasteiger partial charge in [-0.2, -0.15) is 0 Å². The van der Waals surface area contributed by atoms with E-state index in [1.807, 2.05) is 0 Å². The minimum Gasteiger partial charge on any atom is -0.464 e. The number of aliphatic hydroxyl groups is 1. The molecule has 13 heavy (non-hydrogen) atoms. The summed E-state index contributed by atoms with van der Waals surface area (Å²) in [6.07, 6.45) is 0.867. The Morgan fingerprint density at radius 1 is 1.38 bits per heavy atom. The Morgan fingerprint density at radius 3 is 2.62 bits per heavy atom. The highest BCUT2D eigenvalue weighted by Crippen LogP contribution is 1.98. The molecule has 0 aliphatic rings. The lowest BCUT2D eigenvalue weighted by molar-refractivity contribution is -0.149. The summed E-state index contributed by atoms with van der Waals surface area (Å²) in [4.78, 5) is 10.9. The third-order valence-electron chi connectivity index (χ3n) is 1.41. The fourth-order valence-electron chi connectivity index (χ4n) is 0.670. The van der Waals surface area contributed by atoms with Gasteiger partial charge in [0.15, 0.2) is 0 Å². The summed E-state index contributed by atoms with van der Waals surface area (Å²) in [6, 6.07) is 0. The molecule has 4 nitrogen and oxygen atoms in total. The zero-order valence-electron chi connectivity index (χ0n) is 8.28. The molecule has 0 atom stereocenters. The van der Waals surface area contributed by atoms with Crippen molar-refractivity contribution in [3.63, 3.8) is 0 Å². The van der Waals surface area contributed by atoms with Crippen LogP contribution in [0.1, 0.15) is 20.3 Å². The number of esters is 1. The molecule has 0 aromatic rings. The minimum absolute atomic E-state index is 0.0702. The van der Waals surface area contributed by atoms with Crippen molar-refractivity contribution in [1.82, 2.24) is 0 Å². The van der Waals surface area contributed by atoms with Gasteiger partial charge in [-0.05, 0) is 12.3 Å². The SMILES string of the molecule is CC(C)CCOC(=O)COCCO. The second-order valence-electron chi connectivity index (χ2n) is 3.18. The van der Waals surface area contributed by atoms with Crippen LogP contribution in [-0.4, -0.2) is 37.5 Å². The van der Waals surface area contributed by atoms with E-state index in [2.05, 4.69) is 13.8 Å². The van der Waals surface area contributed by atoms with E-state index in [4.69, 9.17) is 14.6 Å². The fraction of sp³-hybridized carbons (Fsp3) is 0.889. The minimum atomic E-state index is -0.367. The van der Waals surface area contributed by atoms with Crippen molar-refractivity contribution in [3.05, 3.63) is 0 Å². The summed E-state index contributed by atoms with van der Waals surface area (Å²) in [5.74, 6) is 0.167. The van der Waals surface area contributed by atoms with Crippen LogP contribution >= 0.6 is 0 Å². The third kappa shape index (κ3) is 9.30. The van der Waals surface area contributed by atoms with E-state index in [0.717, 1.165) is 6.42 Å². The maximum Gasteiger partial charge on any atom is 0.332 e. The second kappa shape index (κ2) is 8.01. The standard InChI is InChI=1S/C9H18O4/c1-8(2)3-5-13-9(11)7-12-6-4-10/h8,10H,3-7H2,1-2H3. The number of aliphatic hydroxyl groups excluding tert-OH is 1. The number of carbonyl (C=O) groups excluding carboxylic acids is 1. The molecule has 1 N–H and O–H groups in total. The maximum absolute atomic E-state index is 10.9. The van der Waals surface area contributed by atoms with Gasteiger partial charge in [-0.15, -0.1) is 0 Å². The van der Waals surface area contributed by atoms with Crippen molar-refractivity contribution in [2.75, 3.05) is 26.4 Å². The largest absolute Gasteiger partial charge is 0.464 e. The molecule has 0 aliphatic heterocycles. The molecular formula is C9H18O4. The van der Waals surface area contributed by atoms with Crippen LogP contribution in [0.5, 0.6) is 0 Å². The molecule has 0 aromatic carbocycles. The number of ether oxygens (including phenoxy) is 2. The summed E-state index contributed by atoms with van der Waals surface area (Å²) in [5.41, 5.74) is 0. The van der Waals surface area contributed by atoms with Gasteiger partial charge in [-0.3, -0.25) is 0 Å². The van der Waals surface area contributed by atoms with Crippen molar-refractivity contribution in [2.45, 2.75) is 20.3 Å². The van der Waals surface area contributed by atoms with Crippen molar-refractivity contribution in [1.29, 1.82) is 0 Å². The highest BCUT2D eigenvalue weighted by molar-refractivity contribution is 5.70. The number of hydrogen-bond acceptors (Lipinski definition) is 4. The molecule has 0 fully saturated rings. The van der Waals surface area contributed by atoms with Crippen molar-refractivity contribution in [3.8, 4) is 0 Å².